The van der Waals surface area contributed by atoms with Crippen molar-refractivity contribution in [2.75, 3.05) is 6.54 Å². The quantitative estimate of drug-likeness (QED) is 0.652. The van der Waals surface area contributed by atoms with Gasteiger partial charge < -0.3 is 25.5 Å². The molecule has 9 heteroatoms. The Hall–Kier alpha value is -2.42. The third-order valence-electron chi connectivity index (χ3n) is 4.72. The molecule has 2 heterocycles. The Morgan fingerprint density at radius 3 is 2.69 bits per heavy atom. The number of nitrogens with one attached hydrogen (secondary N) is 1. The highest BCUT2D eigenvalue weighted by Gasteiger charge is 2.38. The molecule has 0 aromatic carbocycles. The molecule has 9 nitrogen and oxygen atoms in total. The van der Waals surface area contributed by atoms with Crippen molar-refractivity contribution in [2.24, 2.45) is 11.7 Å². The molecule has 4 atom stereocenters. The van der Waals surface area contributed by atoms with E-state index in [2.05, 4.69) is 10.3 Å². The molecule has 1 fully saturated rings. The van der Waals surface area contributed by atoms with Crippen molar-refractivity contribution in [3.63, 3.8) is 0 Å². The Morgan fingerprint density at radius 1 is 1.46 bits per heavy atom. The summed E-state index contributed by atoms with van der Waals surface area (Å²) in [6, 6.07) is -2.15. The minimum atomic E-state index is -1.08. The number of carbonyl (C=O) groups is 3. The highest BCUT2D eigenvalue weighted by atomic mass is 16.4. The van der Waals surface area contributed by atoms with Crippen LogP contribution in [0.1, 0.15) is 62.5 Å². The Labute approximate surface area is 151 Å². The largest absolute Gasteiger partial charge is 0.480 e. The molecule has 0 unspecified atom stereocenters. The zero-order valence-corrected chi connectivity index (χ0v) is 15.3. The van der Waals surface area contributed by atoms with Crippen molar-refractivity contribution in [1.82, 2.24) is 15.2 Å². The summed E-state index contributed by atoms with van der Waals surface area (Å²) in [7, 11) is 0. The van der Waals surface area contributed by atoms with Gasteiger partial charge in [-0.25, -0.2) is 9.78 Å². The first kappa shape index (κ1) is 19.9. The van der Waals surface area contributed by atoms with E-state index in [1.165, 1.54) is 11.2 Å². The monoisotopic (exact) mass is 366 g/mol. The van der Waals surface area contributed by atoms with E-state index in [1.54, 1.807) is 13.8 Å². The Morgan fingerprint density at radius 2 is 2.15 bits per heavy atom. The van der Waals surface area contributed by atoms with Crippen molar-refractivity contribution in [3.05, 3.63) is 17.8 Å². The van der Waals surface area contributed by atoms with E-state index >= 15 is 0 Å². The zero-order valence-electron chi connectivity index (χ0n) is 15.3. The van der Waals surface area contributed by atoms with Gasteiger partial charge in [-0.2, -0.15) is 0 Å². The summed E-state index contributed by atoms with van der Waals surface area (Å²) in [5, 5.41) is 11.9. The van der Waals surface area contributed by atoms with Crippen LogP contribution in [0.2, 0.25) is 0 Å². The molecule has 0 aliphatic carbocycles. The van der Waals surface area contributed by atoms with E-state index < -0.39 is 35.9 Å². The van der Waals surface area contributed by atoms with Crippen LogP contribution in [0.4, 0.5) is 0 Å². The molecular formula is C17H26N4O5. The van der Waals surface area contributed by atoms with Gasteiger partial charge in [-0.15, -0.1) is 0 Å². The second-order valence-electron chi connectivity index (χ2n) is 6.73. The fraction of sp³-hybridized carbons (Fsp3) is 0.647. The molecule has 1 aromatic rings. The Kier molecular flexibility index (Phi) is 6.36. The number of likely N-dealkylation sites (tertiary alicyclic amines) is 1. The fourth-order valence-electron chi connectivity index (χ4n) is 2.96. The van der Waals surface area contributed by atoms with E-state index in [0.29, 0.717) is 25.8 Å². The summed E-state index contributed by atoms with van der Waals surface area (Å²) >= 11 is 0. The zero-order chi connectivity index (χ0) is 19.4. The lowest BCUT2D eigenvalue weighted by Gasteiger charge is -2.26. The molecule has 0 bridgehead atoms. The number of rotatable bonds is 7. The highest BCUT2D eigenvalue weighted by Crippen LogP contribution is 2.22. The van der Waals surface area contributed by atoms with Crippen molar-refractivity contribution >= 4 is 17.8 Å². The van der Waals surface area contributed by atoms with Gasteiger partial charge in [0.05, 0.1) is 6.04 Å². The van der Waals surface area contributed by atoms with Crippen molar-refractivity contribution in [2.45, 2.75) is 58.2 Å². The third kappa shape index (κ3) is 4.21. The van der Waals surface area contributed by atoms with E-state index in [-0.39, 0.29) is 17.5 Å². The number of carboxylic acid groups (broad SMARTS) is 1. The lowest BCUT2D eigenvalue weighted by molar-refractivity contribution is -0.143. The summed E-state index contributed by atoms with van der Waals surface area (Å²) < 4.78 is 5.18. The molecular weight excluding hydrogens is 340 g/mol. The molecule has 2 rings (SSSR count). The summed E-state index contributed by atoms with van der Waals surface area (Å²) in [4.78, 5) is 42.2. The maximum absolute atomic E-state index is 12.7. The molecule has 1 aromatic heterocycles. The number of aromatic nitrogens is 1. The van der Waals surface area contributed by atoms with Gasteiger partial charge in [0.25, 0.3) is 5.91 Å². The maximum Gasteiger partial charge on any atom is 0.326 e. The molecule has 144 valence electrons. The van der Waals surface area contributed by atoms with Crippen LogP contribution in [0, 0.1) is 5.92 Å². The fourth-order valence-corrected chi connectivity index (χ4v) is 2.96. The van der Waals surface area contributed by atoms with Crippen LogP contribution in [0.25, 0.3) is 0 Å². The van der Waals surface area contributed by atoms with Crippen molar-refractivity contribution < 1.29 is 23.9 Å². The van der Waals surface area contributed by atoms with E-state index in [4.69, 9.17) is 10.2 Å². The van der Waals surface area contributed by atoms with Gasteiger partial charge in [-0.3, -0.25) is 9.59 Å². The first-order valence-electron chi connectivity index (χ1n) is 8.81. The van der Waals surface area contributed by atoms with Gasteiger partial charge in [-0.1, -0.05) is 20.3 Å². The van der Waals surface area contributed by atoms with Gasteiger partial charge in [0.2, 0.25) is 11.8 Å². The summed E-state index contributed by atoms with van der Waals surface area (Å²) in [6.07, 6.45) is 2.97. The Balaban J connectivity index is 2.11. The second-order valence-corrected chi connectivity index (χ2v) is 6.73. The summed E-state index contributed by atoms with van der Waals surface area (Å²) in [5.74, 6) is -1.93. The lowest BCUT2D eigenvalue weighted by atomic mass is 9.99. The molecule has 4 N–H and O–H groups in total. The number of aliphatic carboxylic acids is 1. The smallest absolute Gasteiger partial charge is 0.326 e. The van der Waals surface area contributed by atoms with Crippen LogP contribution in [0.15, 0.2) is 10.7 Å². The summed E-state index contributed by atoms with van der Waals surface area (Å²) in [5.41, 5.74) is 5.77. The number of carboxylic acids is 1. The van der Waals surface area contributed by atoms with E-state index in [1.807, 2.05) is 6.92 Å². The average Bonchev–Trinajstić information content (AvgIpc) is 3.26. The topological polar surface area (TPSA) is 139 Å². The molecule has 0 spiro atoms. The lowest BCUT2D eigenvalue weighted by Crippen LogP contribution is -2.52. The maximum atomic E-state index is 12.7. The molecule has 2 amide bonds. The predicted octanol–water partition coefficient (Wildman–Crippen LogP) is 0.914. The van der Waals surface area contributed by atoms with Gasteiger partial charge in [0, 0.05) is 6.54 Å². The number of amides is 2. The first-order chi connectivity index (χ1) is 12.3. The van der Waals surface area contributed by atoms with Gasteiger partial charge >= 0.3 is 5.97 Å². The molecule has 1 saturated heterocycles. The van der Waals surface area contributed by atoms with Crippen LogP contribution in [-0.4, -0.2) is 51.4 Å². The molecule has 1 aliphatic rings. The number of hydrogen-bond acceptors (Lipinski definition) is 6. The number of nitrogens with two attached hydrogens (primary N) is 1. The SMILES string of the molecule is CC[C@@H](C)[C@H](NC(=O)[C@@H]1CCCN1C(=O)c1coc([C@H](C)N)n1)C(=O)O. The standard InChI is InChI=1S/C17H26N4O5/c1-4-9(2)13(17(24)25)20-14(22)12-6-5-7-21(12)16(23)11-8-26-15(19-11)10(3)18/h8-10,12-13H,4-7,18H2,1-3H3,(H,20,22)(H,24,25)/t9-,10+,12+,13+/m1/s1. The van der Waals surface area contributed by atoms with Gasteiger partial charge in [0.1, 0.15) is 18.3 Å². The van der Waals surface area contributed by atoms with Crippen LogP contribution >= 0.6 is 0 Å². The predicted molar refractivity (Wildman–Crippen MR) is 92.2 cm³/mol. The number of hydrogen-bond donors (Lipinski definition) is 3. The molecule has 0 radical (unpaired) electrons. The van der Waals surface area contributed by atoms with Crippen LogP contribution < -0.4 is 11.1 Å². The molecule has 26 heavy (non-hydrogen) atoms. The second kappa shape index (κ2) is 8.31. The summed E-state index contributed by atoms with van der Waals surface area (Å²) in [6.45, 7) is 5.71. The van der Waals surface area contributed by atoms with E-state index in [9.17, 15) is 19.5 Å². The first-order valence-corrected chi connectivity index (χ1v) is 8.81. The van der Waals surface area contributed by atoms with Crippen molar-refractivity contribution in [1.29, 1.82) is 0 Å². The minimum Gasteiger partial charge on any atom is -0.480 e. The number of oxazole rings is 1. The average molecular weight is 366 g/mol. The van der Waals surface area contributed by atoms with Crippen LogP contribution in [0.5, 0.6) is 0 Å². The van der Waals surface area contributed by atoms with E-state index in [0.717, 1.165) is 0 Å². The Bertz CT molecular complexity index is 672. The number of nitrogens with zero attached hydrogens (tertiary/aromatic N) is 2. The minimum absolute atomic E-state index is 0.0914. The van der Waals surface area contributed by atoms with Gasteiger partial charge in [0.15, 0.2) is 5.69 Å². The third-order valence-corrected chi connectivity index (χ3v) is 4.72. The van der Waals surface area contributed by atoms with Gasteiger partial charge in [-0.05, 0) is 25.7 Å². The van der Waals surface area contributed by atoms with Crippen LogP contribution in [-0.2, 0) is 9.59 Å². The van der Waals surface area contributed by atoms with Crippen LogP contribution in [0.3, 0.4) is 0 Å². The molecule has 1 aliphatic heterocycles. The number of carbonyl (C=O) groups excluding carboxylic acids is 2. The highest BCUT2D eigenvalue weighted by molar-refractivity contribution is 5.97. The molecule has 0 saturated carbocycles. The van der Waals surface area contributed by atoms with Crippen molar-refractivity contribution in [3.8, 4) is 0 Å². The normalized spacial score (nSPS) is 20.5.